The lowest BCUT2D eigenvalue weighted by Gasteiger charge is -2.35. The molecule has 1 heterocycles. The largest absolute Gasteiger partial charge is 0.368 e. The van der Waals surface area contributed by atoms with Crippen molar-refractivity contribution in [1.82, 2.24) is 4.67 Å². The van der Waals surface area contributed by atoms with E-state index in [9.17, 15) is 4.57 Å². The smallest absolute Gasteiger partial charge is 0.303 e. The van der Waals surface area contributed by atoms with E-state index in [1.807, 2.05) is 41.1 Å². The Balaban J connectivity index is 1.80. The Morgan fingerprint density at radius 3 is 2.65 bits per heavy atom. The summed E-state index contributed by atoms with van der Waals surface area (Å²) in [6.07, 6.45) is 0.835. The third kappa shape index (κ3) is 4.09. The van der Waals surface area contributed by atoms with E-state index < -0.39 is 7.67 Å². The Hall–Kier alpha value is -1.03. The zero-order chi connectivity index (χ0) is 16.3. The van der Waals surface area contributed by atoms with Crippen molar-refractivity contribution >= 4 is 36.6 Å². The SMILES string of the molecule is O=[P@]1(Nc2ccccc2)OCCCN1Cc1ccc(Cl)c(Cl)c1. The maximum absolute atomic E-state index is 13.2. The fourth-order valence-electron chi connectivity index (χ4n) is 2.45. The van der Waals surface area contributed by atoms with Gasteiger partial charge < -0.3 is 9.61 Å². The molecular weight excluding hydrogens is 354 g/mol. The van der Waals surface area contributed by atoms with Gasteiger partial charge in [-0.3, -0.25) is 0 Å². The fraction of sp³-hybridized carbons (Fsp3) is 0.250. The average molecular weight is 371 g/mol. The van der Waals surface area contributed by atoms with Gasteiger partial charge in [0.2, 0.25) is 0 Å². The van der Waals surface area contributed by atoms with Gasteiger partial charge >= 0.3 is 7.67 Å². The lowest BCUT2D eigenvalue weighted by molar-refractivity contribution is 0.206. The lowest BCUT2D eigenvalue weighted by Crippen LogP contribution is -2.31. The van der Waals surface area contributed by atoms with Gasteiger partial charge in [-0.15, -0.1) is 0 Å². The second-order valence-electron chi connectivity index (χ2n) is 5.32. The van der Waals surface area contributed by atoms with Crippen LogP contribution in [0.1, 0.15) is 12.0 Å². The molecule has 7 heteroatoms. The van der Waals surface area contributed by atoms with Gasteiger partial charge in [0.1, 0.15) is 0 Å². The van der Waals surface area contributed by atoms with Crippen molar-refractivity contribution in [3.05, 3.63) is 64.1 Å². The molecule has 1 atom stereocenters. The number of halogens is 2. The zero-order valence-corrected chi connectivity index (χ0v) is 14.8. The standard InChI is InChI=1S/C16H17Cl2N2O2P/c17-15-8-7-13(11-16(15)18)12-20-9-4-10-22-23(20,21)19-14-5-2-1-3-6-14/h1-3,5-8,11H,4,9-10,12H2,(H,19,21)/t23-/m1/s1. The van der Waals surface area contributed by atoms with Crippen LogP contribution in [0.5, 0.6) is 0 Å². The number of para-hydroxylation sites is 1. The highest BCUT2D eigenvalue weighted by Gasteiger charge is 2.35. The van der Waals surface area contributed by atoms with E-state index in [-0.39, 0.29) is 0 Å². The second-order valence-corrected chi connectivity index (χ2v) is 8.22. The van der Waals surface area contributed by atoms with Crippen LogP contribution in [0.15, 0.2) is 48.5 Å². The molecule has 1 aliphatic rings. The summed E-state index contributed by atoms with van der Waals surface area (Å²) >= 11 is 12.0. The second kappa shape index (κ2) is 7.25. The van der Waals surface area contributed by atoms with Crippen LogP contribution in [0.3, 0.4) is 0 Å². The van der Waals surface area contributed by atoms with E-state index in [4.69, 9.17) is 27.7 Å². The summed E-state index contributed by atoms with van der Waals surface area (Å²) < 4.78 is 20.7. The molecule has 0 amide bonds. The molecule has 0 unspecified atom stereocenters. The van der Waals surface area contributed by atoms with Crippen molar-refractivity contribution in [2.75, 3.05) is 18.2 Å². The zero-order valence-electron chi connectivity index (χ0n) is 12.4. The third-order valence-corrected chi connectivity index (χ3v) is 6.49. The van der Waals surface area contributed by atoms with Crippen LogP contribution in [0.2, 0.25) is 10.0 Å². The van der Waals surface area contributed by atoms with Gasteiger partial charge in [-0.1, -0.05) is 47.5 Å². The predicted octanol–water partition coefficient (Wildman–Crippen LogP) is 5.44. The highest BCUT2D eigenvalue weighted by Crippen LogP contribution is 2.53. The van der Waals surface area contributed by atoms with Gasteiger partial charge in [0.15, 0.2) is 0 Å². The molecule has 0 radical (unpaired) electrons. The quantitative estimate of drug-likeness (QED) is 0.727. The number of anilines is 1. The normalized spacial score (nSPS) is 22.0. The molecule has 0 spiro atoms. The van der Waals surface area contributed by atoms with Gasteiger partial charge in [-0.2, -0.15) is 0 Å². The van der Waals surface area contributed by atoms with Gasteiger partial charge in [0.25, 0.3) is 0 Å². The molecule has 0 aromatic heterocycles. The molecule has 1 aliphatic heterocycles. The average Bonchev–Trinajstić information content (AvgIpc) is 2.54. The topological polar surface area (TPSA) is 41.6 Å². The van der Waals surface area contributed by atoms with Crippen molar-refractivity contribution in [3.63, 3.8) is 0 Å². The summed E-state index contributed by atoms with van der Waals surface area (Å²) in [5.74, 6) is 0. The summed E-state index contributed by atoms with van der Waals surface area (Å²) in [5.41, 5.74) is 1.72. The molecule has 3 rings (SSSR count). The maximum atomic E-state index is 13.2. The van der Waals surface area contributed by atoms with Crippen molar-refractivity contribution in [1.29, 1.82) is 0 Å². The molecular formula is C16H17Cl2N2O2P. The lowest BCUT2D eigenvalue weighted by atomic mass is 10.2. The minimum absolute atomic E-state index is 0.480. The summed E-state index contributed by atoms with van der Waals surface area (Å²) in [6, 6.07) is 14.9. The van der Waals surface area contributed by atoms with Gasteiger partial charge in [0, 0.05) is 18.8 Å². The molecule has 1 saturated heterocycles. The summed E-state index contributed by atoms with van der Waals surface area (Å²) in [5, 5.41) is 4.06. The Morgan fingerprint density at radius 1 is 1.13 bits per heavy atom. The molecule has 23 heavy (non-hydrogen) atoms. The van der Waals surface area contributed by atoms with E-state index in [0.717, 1.165) is 17.7 Å². The number of hydrogen-bond donors (Lipinski definition) is 1. The minimum Gasteiger partial charge on any atom is -0.303 e. The van der Waals surface area contributed by atoms with Crippen molar-refractivity contribution < 1.29 is 9.09 Å². The number of nitrogens with zero attached hydrogens (tertiary/aromatic N) is 1. The van der Waals surface area contributed by atoms with E-state index >= 15 is 0 Å². The Kier molecular flexibility index (Phi) is 5.30. The summed E-state index contributed by atoms with van der Waals surface area (Å²) in [7, 11) is -3.13. The highest BCUT2D eigenvalue weighted by atomic mass is 35.5. The minimum atomic E-state index is -3.13. The van der Waals surface area contributed by atoms with Gasteiger partial charge in [-0.25, -0.2) is 9.24 Å². The van der Waals surface area contributed by atoms with Crippen LogP contribution in [-0.2, 0) is 15.6 Å². The molecule has 1 N–H and O–H groups in total. The third-order valence-electron chi connectivity index (χ3n) is 3.59. The van der Waals surface area contributed by atoms with Crippen LogP contribution >= 0.6 is 30.9 Å². The Morgan fingerprint density at radius 2 is 1.91 bits per heavy atom. The van der Waals surface area contributed by atoms with Crippen LogP contribution in [0.25, 0.3) is 0 Å². The van der Waals surface area contributed by atoms with Crippen molar-refractivity contribution in [2.45, 2.75) is 13.0 Å². The number of benzene rings is 2. The first-order valence-corrected chi connectivity index (χ1v) is 9.67. The van der Waals surface area contributed by atoms with Crippen LogP contribution in [-0.4, -0.2) is 17.8 Å². The maximum Gasteiger partial charge on any atom is 0.368 e. The van der Waals surface area contributed by atoms with E-state index in [1.165, 1.54) is 0 Å². The first kappa shape index (κ1) is 16.8. The van der Waals surface area contributed by atoms with E-state index in [2.05, 4.69) is 5.09 Å². The molecule has 1 fully saturated rings. The number of nitrogens with one attached hydrogen (secondary N) is 1. The van der Waals surface area contributed by atoms with Gasteiger partial charge in [0.05, 0.1) is 16.7 Å². The number of hydrogen-bond acceptors (Lipinski definition) is 2. The Labute approximate surface area is 145 Å². The van der Waals surface area contributed by atoms with Crippen molar-refractivity contribution in [2.24, 2.45) is 0 Å². The summed E-state index contributed by atoms with van der Waals surface area (Å²) in [6.45, 7) is 1.65. The molecule has 2 aromatic rings. The molecule has 0 bridgehead atoms. The van der Waals surface area contributed by atoms with E-state index in [1.54, 1.807) is 12.1 Å². The molecule has 0 saturated carbocycles. The van der Waals surface area contributed by atoms with E-state index in [0.29, 0.717) is 29.7 Å². The molecule has 0 aliphatic carbocycles. The highest BCUT2D eigenvalue weighted by molar-refractivity contribution is 7.58. The first-order chi connectivity index (χ1) is 11.1. The van der Waals surface area contributed by atoms with Crippen LogP contribution in [0, 0.1) is 0 Å². The van der Waals surface area contributed by atoms with Crippen molar-refractivity contribution in [3.8, 4) is 0 Å². The Bertz CT molecular complexity index is 727. The monoisotopic (exact) mass is 370 g/mol. The predicted molar refractivity (Wildman–Crippen MR) is 95.1 cm³/mol. The fourth-order valence-corrected chi connectivity index (χ4v) is 4.74. The molecule has 122 valence electrons. The number of rotatable bonds is 4. The molecule has 2 aromatic carbocycles. The first-order valence-electron chi connectivity index (χ1n) is 7.34. The summed E-state index contributed by atoms with van der Waals surface area (Å²) in [4.78, 5) is 0. The van der Waals surface area contributed by atoms with Crippen LogP contribution < -0.4 is 5.09 Å². The molecule has 4 nitrogen and oxygen atoms in total. The van der Waals surface area contributed by atoms with Gasteiger partial charge in [-0.05, 0) is 36.2 Å². The van der Waals surface area contributed by atoms with Crippen LogP contribution in [0.4, 0.5) is 5.69 Å².